The molecule has 0 heterocycles. The smallest absolute Gasteiger partial charge is 0.319 e. The minimum Gasteiger partial charge on any atom is -0.338 e. The van der Waals surface area contributed by atoms with Gasteiger partial charge in [-0.2, -0.15) is 0 Å². The standard InChI is InChI=1S/C16H16Br2N2O/c1-11-9-14(5-6-15(11)18)20-16(21)19-8-7-12-3-2-4-13(17)10-12/h2-6,9-10H,7-8H2,1H3,(H2,19,20,21). The van der Waals surface area contributed by atoms with Gasteiger partial charge in [-0.3, -0.25) is 0 Å². The number of aryl methyl sites for hydroxylation is 1. The zero-order valence-electron chi connectivity index (χ0n) is 11.6. The molecule has 0 saturated heterocycles. The number of hydrogen-bond acceptors (Lipinski definition) is 1. The van der Waals surface area contributed by atoms with E-state index in [1.165, 1.54) is 5.56 Å². The molecule has 2 aromatic carbocycles. The normalized spacial score (nSPS) is 10.2. The van der Waals surface area contributed by atoms with E-state index in [2.05, 4.69) is 48.6 Å². The minimum atomic E-state index is -0.188. The molecule has 0 fully saturated rings. The van der Waals surface area contributed by atoms with Gasteiger partial charge in [-0.25, -0.2) is 4.79 Å². The average Bonchev–Trinajstić information content (AvgIpc) is 2.43. The first-order valence-electron chi connectivity index (χ1n) is 6.60. The van der Waals surface area contributed by atoms with Crippen LogP contribution in [-0.2, 0) is 6.42 Å². The molecule has 110 valence electrons. The lowest BCUT2D eigenvalue weighted by Crippen LogP contribution is -2.30. The second kappa shape index (κ2) is 7.61. The molecule has 0 aliphatic carbocycles. The van der Waals surface area contributed by atoms with Crippen molar-refractivity contribution in [1.29, 1.82) is 0 Å². The van der Waals surface area contributed by atoms with Crippen molar-refractivity contribution < 1.29 is 4.79 Å². The number of nitrogens with one attached hydrogen (secondary N) is 2. The summed E-state index contributed by atoms with van der Waals surface area (Å²) in [4.78, 5) is 11.8. The highest BCUT2D eigenvalue weighted by atomic mass is 79.9. The molecule has 0 bridgehead atoms. The SMILES string of the molecule is Cc1cc(NC(=O)NCCc2cccc(Br)c2)ccc1Br. The van der Waals surface area contributed by atoms with Crippen LogP contribution in [0.5, 0.6) is 0 Å². The molecule has 3 nitrogen and oxygen atoms in total. The zero-order valence-corrected chi connectivity index (χ0v) is 14.8. The Balaban J connectivity index is 1.81. The predicted molar refractivity (Wildman–Crippen MR) is 93.7 cm³/mol. The molecule has 0 aliphatic rings. The largest absolute Gasteiger partial charge is 0.338 e. The Morgan fingerprint density at radius 2 is 1.95 bits per heavy atom. The summed E-state index contributed by atoms with van der Waals surface area (Å²) in [6, 6.07) is 13.6. The van der Waals surface area contributed by atoms with Crippen LogP contribution in [-0.4, -0.2) is 12.6 Å². The summed E-state index contributed by atoms with van der Waals surface area (Å²) in [5.74, 6) is 0. The van der Waals surface area contributed by atoms with Crippen LogP contribution in [0.3, 0.4) is 0 Å². The fraction of sp³-hybridized carbons (Fsp3) is 0.188. The van der Waals surface area contributed by atoms with E-state index in [4.69, 9.17) is 0 Å². The van der Waals surface area contributed by atoms with Crippen LogP contribution in [0.15, 0.2) is 51.4 Å². The molecule has 2 N–H and O–H groups in total. The minimum absolute atomic E-state index is 0.188. The van der Waals surface area contributed by atoms with Crippen molar-refractivity contribution in [2.45, 2.75) is 13.3 Å². The van der Waals surface area contributed by atoms with Gasteiger partial charge in [0.05, 0.1) is 0 Å². The van der Waals surface area contributed by atoms with Crippen LogP contribution in [0, 0.1) is 6.92 Å². The third-order valence-corrected chi connectivity index (χ3v) is 4.39. The molecular formula is C16H16Br2N2O. The Morgan fingerprint density at radius 1 is 1.14 bits per heavy atom. The Hall–Kier alpha value is -1.33. The maximum Gasteiger partial charge on any atom is 0.319 e. The Morgan fingerprint density at radius 3 is 2.67 bits per heavy atom. The summed E-state index contributed by atoms with van der Waals surface area (Å²) >= 11 is 6.87. The summed E-state index contributed by atoms with van der Waals surface area (Å²) < 4.78 is 2.08. The second-order valence-corrected chi connectivity index (χ2v) is 6.49. The topological polar surface area (TPSA) is 41.1 Å². The van der Waals surface area contributed by atoms with Gasteiger partial charge in [-0.15, -0.1) is 0 Å². The summed E-state index contributed by atoms with van der Waals surface area (Å²) in [6.07, 6.45) is 0.798. The van der Waals surface area contributed by atoms with E-state index >= 15 is 0 Å². The molecule has 5 heteroatoms. The monoisotopic (exact) mass is 410 g/mol. The molecule has 2 amide bonds. The quantitative estimate of drug-likeness (QED) is 0.739. The molecule has 0 aromatic heterocycles. The highest BCUT2D eigenvalue weighted by molar-refractivity contribution is 9.10. The molecule has 0 saturated carbocycles. The van der Waals surface area contributed by atoms with Crippen molar-refractivity contribution in [2.75, 3.05) is 11.9 Å². The Bertz CT molecular complexity index is 644. The number of benzene rings is 2. The number of rotatable bonds is 4. The van der Waals surface area contributed by atoms with Gasteiger partial charge in [0, 0.05) is 21.2 Å². The van der Waals surface area contributed by atoms with Crippen molar-refractivity contribution in [3.05, 3.63) is 62.5 Å². The number of anilines is 1. The number of amides is 2. The molecule has 21 heavy (non-hydrogen) atoms. The summed E-state index contributed by atoms with van der Waals surface area (Å²) in [5.41, 5.74) is 3.06. The fourth-order valence-electron chi connectivity index (χ4n) is 1.91. The van der Waals surface area contributed by atoms with Gasteiger partial charge in [0.1, 0.15) is 0 Å². The average molecular weight is 412 g/mol. The third-order valence-electron chi connectivity index (χ3n) is 3.00. The second-order valence-electron chi connectivity index (χ2n) is 4.72. The lowest BCUT2D eigenvalue weighted by atomic mass is 10.1. The van der Waals surface area contributed by atoms with Crippen molar-refractivity contribution in [2.24, 2.45) is 0 Å². The van der Waals surface area contributed by atoms with Crippen LogP contribution in [0.1, 0.15) is 11.1 Å². The van der Waals surface area contributed by atoms with E-state index < -0.39 is 0 Å². The number of carbonyl (C=O) groups is 1. The van der Waals surface area contributed by atoms with Crippen molar-refractivity contribution in [1.82, 2.24) is 5.32 Å². The Kier molecular flexibility index (Phi) is 5.82. The van der Waals surface area contributed by atoms with Gasteiger partial charge in [0.2, 0.25) is 0 Å². The van der Waals surface area contributed by atoms with E-state index in [9.17, 15) is 4.79 Å². The van der Waals surface area contributed by atoms with Crippen molar-refractivity contribution >= 4 is 43.6 Å². The lowest BCUT2D eigenvalue weighted by molar-refractivity contribution is 0.252. The summed E-state index contributed by atoms with van der Waals surface area (Å²) in [7, 11) is 0. The van der Waals surface area contributed by atoms with E-state index in [1.54, 1.807) is 0 Å². The number of hydrogen-bond donors (Lipinski definition) is 2. The van der Waals surface area contributed by atoms with Crippen LogP contribution < -0.4 is 10.6 Å². The molecule has 2 rings (SSSR count). The van der Waals surface area contributed by atoms with Crippen LogP contribution in [0.25, 0.3) is 0 Å². The fourth-order valence-corrected chi connectivity index (χ4v) is 2.60. The number of halogens is 2. The maximum absolute atomic E-state index is 11.8. The van der Waals surface area contributed by atoms with E-state index in [-0.39, 0.29) is 6.03 Å². The molecule has 2 aromatic rings. The molecule has 0 atom stereocenters. The van der Waals surface area contributed by atoms with E-state index in [0.29, 0.717) is 6.54 Å². The maximum atomic E-state index is 11.8. The number of urea groups is 1. The lowest BCUT2D eigenvalue weighted by Gasteiger charge is -2.09. The van der Waals surface area contributed by atoms with Gasteiger partial charge < -0.3 is 10.6 Å². The van der Waals surface area contributed by atoms with Gasteiger partial charge >= 0.3 is 6.03 Å². The van der Waals surface area contributed by atoms with Crippen LogP contribution in [0.2, 0.25) is 0 Å². The highest BCUT2D eigenvalue weighted by Crippen LogP contribution is 2.19. The number of carbonyl (C=O) groups excluding carboxylic acids is 1. The highest BCUT2D eigenvalue weighted by Gasteiger charge is 2.03. The predicted octanol–water partition coefficient (Wildman–Crippen LogP) is 4.88. The zero-order chi connectivity index (χ0) is 15.2. The summed E-state index contributed by atoms with van der Waals surface area (Å²) in [6.45, 7) is 2.58. The third kappa shape index (κ3) is 5.17. The molecule has 0 radical (unpaired) electrons. The molecule has 0 aliphatic heterocycles. The van der Waals surface area contributed by atoms with Gasteiger partial charge in [0.25, 0.3) is 0 Å². The molecular weight excluding hydrogens is 396 g/mol. The first-order chi connectivity index (χ1) is 10.0. The molecule has 0 spiro atoms. The Labute approximate surface area is 141 Å². The van der Waals surface area contributed by atoms with E-state index in [0.717, 1.165) is 26.6 Å². The summed E-state index contributed by atoms with van der Waals surface area (Å²) in [5, 5.41) is 5.68. The first kappa shape index (κ1) is 16.0. The van der Waals surface area contributed by atoms with E-state index in [1.807, 2.05) is 43.3 Å². The van der Waals surface area contributed by atoms with Gasteiger partial charge in [-0.1, -0.05) is 44.0 Å². The first-order valence-corrected chi connectivity index (χ1v) is 8.18. The van der Waals surface area contributed by atoms with Gasteiger partial charge in [0.15, 0.2) is 0 Å². The molecule has 0 unspecified atom stereocenters. The van der Waals surface area contributed by atoms with Crippen LogP contribution >= 0.6 is 31.9 Å². The van der Waals surface area contributed by atoms with Crippen molar-refractivity contribution in [3.63, 3.8) is 0 Å². The van der Waals surface area contributed by atoms with Crippen LogP contribution in [0.4, 0.5) is 10.5 Å². The van der Waals surface area contributed by atoms with Gasteiger partial charge in [-0.05, 0) is 54.8 Å². The van der Waals surface area contributed by atoms with Crippen molar-refractivity contribution in [3.8, 4) is 0 Å².